The van der Waals surface area contributed by atoms with Crippen molar-refractivity contribution in [3.05, 3.63) is 24.0 Å². The van der Waals surface area contributed by atoms with Crippen LogP contribution in [0.4, 0.5) is 0 Å². The first-order chi connectivity index (χ1) is 9.63. The fourth-order valence-corrected chi connectivity index (χ4v) is 5.42. The number of nitrogens with two attached hydrogens (primary N) is 1. The molecule has 4 bridgehead atoms. The number of hydrogen-bond donors (Lipinski definition) is 1. The van der Waals surface area contributed by atoms with Crippen molar-refractivity contribution in [3.63, 3.8) is 0 Å². The first-order valence-corrected chi connectivity index (χ1v) is 8.14. The van der Waals surface area contributed by atoms with E-state index in [0.29, 0.717) is 6.61 Å². The zero-order valence-corrected chi connectivity index (χ0v) is 12.4. The Balaban J connectivity index is 1.43. The van der Waals surface area contributed by atoms with E-state index in [0.717, 1.165) is 17.8 Å². The van der Waals surface area contributed by atoms with E-state index in [9.17, 15) is 0 Å². The molecule has 5 rings (SSSR count). The minimum absolute atomic E-state index is 0.00278. The monoisotopic (exact) mass is 274 g/mol. The van der Waals surface area contributed by atoms with Crippen LogP contribution in [0.25, 0.3) is 0 Å². The lowest BCUT2D eigenvalue weighted by atomic mass is 9.54. The average molecular weight is 274 g/mol. The Morgan fingerprint density at radius 1 is 1.25 bits per heavy atom. The fraction of sp³-hybridized carbons (Fsp3) is 0.765. The molecule has 4 aliphatic carbocycles. The van der Waals surface area contributed by atoms with Gasteiger partial charge in [0.05, 0.1) is 18.2 Å². The molecule has 0 aliphatic heterocycles. The number of aryl methyl sites for hydroxylation is 1. The van der Waals surface area contributed by atoms with Crippen molar-refractivity contribution >= 4 is 0 Å². The van der Waals surface area contributed by atoms with E-state index in [1.807, 2.05) is 0 Å². The van der Waals surface area contributed by atoms with Gasteiger partial charge in [0.2, 0.25) is 0 Å². The second-order valence-electron chi connectivity index (χ2n) is 7.56. The molecule has 1 atom stereocenters. The van der Waals surface area contributed by atoms with Crippen LogP contribution in [-0.2, 0) is 11.8 Å². The summed E-state index contributed by atoms with van der Waals surface area (Å²) in [4.78, 5) is 0. The average Bonchev–Trinajstić information content (AvgIpc) is 2.81. The van der Waals surface area contributed by atoms with E-state index in [-0.39, 0.29) is 11.6 Å². The van der Waals surface area contributed by atoms with Crippen LogP contribution in [-0.4, -0.2) is 16.8 Å². The molecule has 0 amide bonds. The highest BCUT2D eigenvalue weighted by Crippen LogP contribution is 2.57. The zero-order valence-electron chi connectivity index (χ0n) is 12.4. The number of ether oxygens (including phenoxy) is 1. The first kappa shape index (κ1) is 12.9. The van der Waals surface area contributed by atoms with Crippen molar-refractivity contribution in [2.75, 3.05) is 6.61 Å². The standard InChI is InChI=1S/C17H26N2O/c1-19-4-2-3-16(19)15(18)11-20-17-8-12-5-13(9-17)7-14(6-12)10-17/h2-4,12-15H,5-11,18H2,1H3. The molecule has 0 radical (unpaired) electrons. The third-order valence-electron chi connectivity index (χ3n) is 5.91. The lowest BCUT2D eigenvalue weighted by molar-refractivity contribution is -0.165. The van der Waals surface area contributed by atoms with Gasteiger partial charge in [0.15, 0.2) is 0 Å². The van der Waals surface area contributed by atoms with Crippen LogP contribution in [0, 0.1) is 17.8 Å². The van der Waals surface area contributed by atoms with Gasteiger partial charge in [0.1, 0.15) is 0 Å². The molecule has 20 heavy (non-hydrogen) atoms. The highest BCUT2D eigenvalue weighted by Gasteiger charge is 2.51. The summed E-state index contributed by atoms with van der Waals surface area (Å²) in [5.41, 5.74) is 7.68. The molecule has 1 unspecified atom stereocenters. The zero-order chi connectivity index (χ0) is 13.7. The Hall–Kier alpha value is -0.800. The number of nitrogens with zero attached hydrogens (tertiary/aromatic N) is 1. The first-order valence-electron chi connectivity index (χ1n) is 8.14. The van der Waals surface area contributed by atoms with E-state index in [1.165, 1.54) is 44.2 Å². The lowest BCUT2D eigenvalue weighted by Gasteiger charge is -2.56. The molecular formula is C17H26N2O. The second-order valence-corrected chi connectivity index (χ2v) is 7.56. The Labute approximate surface area is 121 Å². The van der Waals surface area contributed by atoms with Crippen molar-refractivity contribution in [1.29, 1.82) is 0 Å². The van der Waals surface area contributed by atoms with Crippen molar-refractivity contribution in [2.24, 2.45) is 30.5 Å². The highest BCUT2D eigenvalue weighted by molar-refractivity contribution is 5.11. The van der Waals surface area contributed by atoms with Crippen LogP contribution < -0.4 is 5.73 Å². The Morgan fingerprint density at radius 2 is 1.85 bits per heavy atom. The van der Waals surface area contributed by atoms with Gasteiger partial charge < -0.3 is 15.0 Å². The van der Waals surface area contributed by atoms with Crippen molar-refractivity contribution < 1.29 is 4.74 Å². The van der Waals surface area contributed by atoms with Gasteiger partial charge >= 0.3 is 0 Å². The molecule has 4 aliphatic rings. The van der Waals surface area contributed by atoms with Gasteiger partial charge in [-0.15, -0.1) is 0 Å². The normalized spacial score (nSPS) is 40.2. The summed E-state index contributed by atoms with van der Waals surface area (Å²) in [5, 5.41) is 0. The van der Waals surface area contributed by atoms with Crippen LogP contribution in [0.5, 0.6) is 0 Å². The van der Waals surface area contributed by atoms with Crippen LogP contribution >= 0.6 is 0 Å². The summed E-state index contributed by atoms with van der Waals surface area (Å²) in [7, 11) is 2.06. The van der Waals surface area contributed by atoms with E-state index in [2.05, 4.69) is 29.9 Å². The van der Waals surface area contributed by atoms with Crippen molar-refractivity contribution in [2.45, 2.75) is 50.2 Å². The van der Waals surface area contributed by atoms with Crippen LogP contribution in [0.1, 0.15) is 50.3 Å². The molecule has 4 saturated carbocycles. The summed E-state index contributed by atoms with van der Waals surface area (Å²) in [6.07, 6.45) is 10.3. The van der Waals surface area contributed by atoms with E-state index >= 15 is 0 Å². The maximum Gasteiger partial charge on any atom is 0.0691 e. The third kappa shape index (κ3) is 2.11. The minimum atomic E-state index is 0.00278. The largest absolute Gasteiger partial charge is 0.373 e. The van der Waals surface area contributed by atoms with Crippen molar-refractivity contribution in [1.82, 2.24) is 4.57 Å². The second kappa shape index (κ2) is 4.60. The number of aromatic nitrogens is 1. The van der Waals surface area contributed by atoms with Crippen molar-refractivity contribution in [3.8, 4) is 0 Å². The lowest BCUT2D eigenvalue weighted by Crippen LogP contribution is -2.52. The summed E-state index contributed by atoms with van der Waals surface area (Å²) < 4.78 is 8.55. The predicted molar refractivity (Wildman–Crippen MR) is 79.2 cm³/mol. The van der Waals surface area contributed by atoms with Crippen LogP contribution in [0.3, 0.4) is 0 Å². The van der Waals surface area contributed by atoms with Gasteiger partial charge in [-0.25, -0.2) is 0 Å². The van der Waals surface area contributed by atoms with Crippen LogP contribution in [0.2, 0.25) is 0 Å². The molecule has 1 aromatic heterocycles. The third-order valence-corrected chi connectivity index (χ3v) is 5.91. The van der Waals surface area contributed by atoms with E-state index in [4.69, 9.17) is 10.5 Å². The van der Waals surface area contributed by atoms with Gasteiger partial charge in [-0.05, 0) is 68.4 Å². The summed E-state index contributed by atoms with van der Waals surface area (Å²) in [6, 6.07) is 4.16. The highest BCUT2D eigenvalue weighted by atomic mass is 16.5. The number of hydrogen-bond acceptors (Lipinski definition) is 2. The molecule has 1 aromatic rings. The topological polar surface area (TPSA) is 40.2 Å². The number of rotatable bonds is 4. The molecule has 0 saturated heterocycles. The molecule has 0 aromatic carbocycles. The van der Waals surface area contributed by atoms with E-state index in [1.54, 1.807) is 0 Å². The summed E-state index contributed by atoms with van der Waals surface area (Å²) in [6.45, 7) is 0.671. The minimum Gasteiger partial charge on any atom is -0.373 e. The molecule has 1 heterocycles. The molecule has 0 spiro atoms. The summed E-state index contributed by atoms with van der Waals surface area (Å²) >= 11 is 0. The maximum absolute atomic E-state index is 6.44. The smallest absolute Gasteiger partial charge is 0.0691 e. The molecule has 3 heteroatoms. The Kier molecular flexibility index (Phi) is 2.97. The summed E-state index contributed by atoms with van der Waals surface area (Å²) in [5.74, 6) is 2.81. The predicted octanol–water partition coefficient (Wildman–Crippen LogP) is 3.01. The molecule has 2 N–H and O–H groups in total. The van der Waals surface area contributed by atoms with Crippen LogP contribution in [0.15, 0.2) is 18.3 Å². The Bertz CT molecular complexity index is 458. The molecular weight excluding hydrogens is 248 g/mol. The quantitative estimate of drug-likeness (QED) is 0.917. The maximum atomic E-state index is 6.44. The Morgan fingerprint density at radius 3 is 2.35 bits per heavy atom. The van der Waals surface area contributed by atoms with Gasteiger partial charge in [-0.2, -0.15) is 0 Å². The van der Waals surface area contributed by atoms with Gasteiger partial charge in [0.25, 0.3) is 0 Å². The SMILES string of the molecule is Cn1cccc1C(N)COC12CC3CC(CC(C3)C1)C2. The fourth-order valence-electron chi connectivity index (χ4n) is 5.42. The van der Waals surface area contributed by atoms with Gasteiger partial charge in [0, 0.05) is 18.9 Å². The molecule has 4 fully saturated rings. The van der Waals surface area contributed by atoms with Gasteiger partial charge in [-0.1, -0.05) is 0 Å². The molecule has 3 nitrogen and oxygen atoms in total. The molecule has 110 valence electrons. The van der Waals surface area contributed by atoms with Gasteiger partial charge in [-0.3, -0.25) is 0 Å². The van der Waals surface area contributed by atoms with E-state index < -0.39 is 0 Å².